The molecule has 0 spiro atoms. The first kappa shape index (κ1) is 49.1. The lowest BCUT2D eigenvalue weighted by atomic mass is 9.97. The summed E-state index contributed by atoms with van der Waals surface area (Å²) in [5.74, 6) is -12.3. The molecule has 2 saturated heterocycles. The van der Waals surface area contributed by atoms with Crippen molar-refractivity contribution in [2.45, 2.75) is 56.1 Å². The van der Waals surface area contributed by atoms with Crippen molar-refractivity contribution in [3.05, 3.63) is 131 Å². The molecular weight excluding hydrogens is 965 g/mol. The van der Waals surface area contributed by atoms with Gasteiger partial charge in [0, 0.05) is 65.7 Å². The number of rotatable bonds is 12. The highest BCUT2D eigenvalue weighted by molar-refractivity contribution is 6.11. The molecule has 0 radical (unpaired) electrons. The Balaban J connectivity index is 0.831. The van der Waals surface area contributed by atoms with Crippen LogP contribution in [-0.4, -0.2) is 130 Å². The zero-order valence-corrected chi connectivity index (χ0v) is 39.4. The number of aromatic nitrogens is 4. The van der Waals surface area contributed by atoms with Gasteiger partial charge in [0.25, 0.3) is 41.4 Å². The number of aliphatic hydroxyl groups is 6. The summed E-state index contributed by atoms with van der Waals surface area (Å²) in [5, 5.41) is 73.9. The molecule has 4 aliphatic heterocycles. The number of benzene rings is 4. The summed E-state index contributed by atoms with van der Waals surface area (Å²) in [4.78, 5) is 83.7. The summed E-state index contributed by atoms with van der Waals surface area (Å²) in [6.07, 6.45) is -0.396. The lowest BCUT2D eigenvalue weighted by Gasteiger charge is -2.39. The average molecular weight is 1010 g/mol. The number of nitrogens with zero attached hydrogens (tertiary/aromatic N) is 8. The van der Waals surface area contributed by atoms with E-state index in [1.54, 1.807) is 65.6 Å². The number of piperidine rings is 2. The van der Waals surface area contributed by atoms with Gasteiger partial charge in [0.15, 0.2) is 11.4 Å². The van der Waals surface area contributed by atoms with Crippen molar-refractivity contribution in [2.75, 3.05) is 46.4 Å². The van der Waals surface area contributed by atoms with Crippen LogP contribution in [0, 0.1) is 5.92 Å². The van der Waals surface area contributed by atoms with Gasteiger partial charge in [-0.1, -0.05) is 0 Å². The molecule has 0 aliphatic carbocycles. The van der Waals surface area contributed by atoms with Crippen LogP contribution in [-0.2, 0) is 22.4 Å². The molecule has 2 aromatic heterocycles. The summed E-state index contributed by atoms with van der Waals surface area (Å²) >= 11 is 0. The molecule has 382 valence electrons. The van der Waals surface area contributed by atoms with Crippen molar-refractivity contribution in [3.8, 4) is 22.9 Å². The maximum absolute atomic E-state index is 14.3. The number of carbonyl (C=O) groups is 6. The molecule has 6 heterocycles. The van der Waals surface area contributed by atoms with Crippen LogP contribution in [0.25, 0.3) is 11.4 Å². The smallest absolute Gasteiger partial charge is 0.286 e. The summed E-state index contributed by atoms with van der Waals surface area (Å²) in [7, 11) is 1.49. The molecule has 10 rings (SSSR count). The van der Waals surface area contributed by atoms with Crippen LogP contribution >= 0.6 is 0 Å². The quantitative estimate of drug-likeness (QED) is 0.0777. The standard InChI is InChI=1S/C50H48N10O14/c1-73-34-16-12-32(13-17-34)59-41-36(39(53-59)43(51)62)23-50(71,72)58(45(41)64)31-10-6-29(7-11-31)56-25-27(3-20-38(56)61)26-74-35-18-14-33(15-19-35)60-42-37(40(54-60)44(52)63)24-49(69,70)57(46(42)65)30-8-4-28(5-9-30)55-22-2-21-48(67,68)47(55)66/h4-19,27,67-72H,2-3,20-26H2,1H3,(H2,51,62)(H2,52,63). The number of ether oxygens (including phenoxy) is 2. The number of amides is 6. The van der Waals surface area contributed by atoms with Gasteiger partial charge in [0.2, 0.25) is 11.7 Å². The molecule has 1 unspecified atom stereocenters. The Kier molecular flexibility index (Phi) is 12.1. The predicted octanol–water partition coefficient (Wildman–Crippen LogP) is 0.577. The molecule has 24 nitrogen and oxygen atoms in total. The van der Waals surface area contributed by atoms with E-state index in [0.717, 1.165) is 4.90 Å². The first-order chi connectivity index (χ1) is 35.2. The fraction of sp³-hybridized carbons (Fsp3) is 0.280. The molecule has 4 aromatic carbocycles. The molecule has 6 amide bonds. The minimum absolute atomic E-state index is 0.000513. The second-order valence-corrected chi connectivity index (χ2v) is 18.4. The summed E-state index contributed by atoms with van der Waals surface area (Å²) in [6.45, 7) is 0.627. The van der Waals surface area contributed by atoms with Crippen LogP contribution in [0.2, 0.25) is 0 Å². The highest BCUT2D eigenvalue weighted by Gasteiger charge is 2.50. The fourth-order valence-electron chi connectivity index (χ4n) is 9.90. The summed E-state index contributed by atoms with van der Waals surface area (Å²) in [6, 6.07) is 24.4. The molecular formula is C50H48N10O14. The van der Waals surface area contributed by atoms with E-state index < -0.39 is 60.0 Å². The van der Waals surface area contributed by atoms with Crippen molar-refractivity contribution in [3.63, 3.8) is 0 Å². The third-order valence-electron chi connectivity index (χ3n) is 13.5. The van der Waals surface area contributed by atoms with E-state index in [0.29, 0.717) is 40.6 Å². The second kappa shape index (κ2) is 18.2. The van der Waals surface area contributed by atoms with E-state index in [1.165, 1.54) is 57.8 Å². The van der Waals surface area contributed by atoms with Gasteiger partial charge in [0.1, 0.15) is 22.9 Å². The van der Waals surface area contributed by atoms with Gasteiger partial charge in [-0.2, -0.15) is 10.2 Å². The predicted molar refractivity (Wildman–Crippen MR) is 258 cm³/mol. The number of methoxy groups -OCH3 is 1. The van der Waals surface area contributed by atoms with Crippen LogP contribution in [0.5, 0.6) is 11.5 Å². The van der Waals surface area contributed by atoms with Gasteiger partial charge < -0.3 is 61.4 Å². The van der Waals surface area contributed by atoms with Crippen molar-refractivity contribution >= 4 is 58.2 Å². The topological polar surface area (TPSA) is 343 Å². The van der Waals surface area contributed by atoms with Crippen molar-refractivity contribution in [2.24, 2.45) is 17.4 Å². The van der Waals surface area contributed by atoms with Crippen molar-refractivity contribution in [1.82, 2.24) is 19.6 Å². The van der Waals surface area contributed by atoms with Crippen molar-refractivity contribution < 1.29 is 68.9 Å². The third kappa shape index (κ3) is 8.53. The third-order valence-corrected chi connectivity index (χ3v) is 13.5. The Morgan fingerprint density at radius 1 is 0.622 bits per heavy atom. The maximum atomic E-state index is 14.3. The van der Waals surface area contributed by atoms with Gasteiger partial charge in [-0.05, 0) is 110 Å². The molecule has 10 N–H and O–H groups in total. The number of hydrogen-bond acceptors (Lipinski definition) is 16. The monoisotopic (exact) mass is 1010 g/mol. The van der Waals surface area contributed by atoms with E-state index in [-0.39, 0.29) is 101 Å². The zero-order chi connectivity index (χ0) is 52.6. The number of carbonyl (C=O) groups excluding carboxylic acids is 6. The Morgan fingerprint density at radius 3 is 1.51 bits per heavy atom. The van der Waals surface area contributed by atoms with Crippen LogP contribution < -0.4 is 40.5 Å². The molecule has 0 saturated carbocycles. The van der Waals surface area contributed by atoms with Gasteiger partial charge >= 0.3 is 0 Å². The number of fused-ring (bicyclic) bond motifs is 2. The number of nitrogens with two attached hydrogens (primary N) is 2. The normalized spacial score (nSPS) is 19.0. The zero-order valence-electron chi connectivity index (χ0n) is 39.4. The van der Waals surface area contributed by atoms with Crippen LogP contribution in [0.3, 0.4) is 0 Å². The number of anilines is 4. The fourth-order valence-corrected chi connectivity index (χ4v) is 9.90. The number of primary amides is 2. The molecule has 4 aliphatic rings. The van der Waals surface area contributed by atoms with E-state index >= 15 is 0 Å². The van der Waals surface area contributed by atoms with E-state index in [1.807, 2.05) is 0 Å². The first-order valence-corrected chi connectivity index (χ1v) is 23.2. The second-order valence-electron chi connectivity index (χ2n) is 18.4. The highest BCUT2D eigenvalue weighted by Crippen LogP contribution is 2.39. The van der Waals surface area contributed by atoms with Gasteiger partial charge in [-0.15, -0.1) is 0 Å². The first-order valence-electron chi connectivity index (χ1n) is 23.2. The van der Waals surface area contributed by atoms with Gasteiger partial charge in [-0.3, -0.25) is 38.6 Å². The highest BCUT2D eigenvalue weighted by atomic mass is 16.5. The maximum Gasteiger partial charge on any atom is 0.286 e. The Morgan fingerprint density at radius 2 is 1.05 bits per heavy atom. The molecule has 2 fully saturated rings. The molecule has 6 aromatic rings. The van der Waals surface area contributed by atoms with Gasteiger partial charge in [-0.25, -0.2) is 9.36 Å². The van der Waals surface area contributed by atoms with Crippen molar-refractivity contribution in [1.29, 1.82) is 0 Å². The van der Waals surface area contributed by atoms with E-state index in [9.17, 15) is 59.4 Å². The lowest BCUT2D eigenvalue weighted by Crippen LogP contribution is -2.57. The molecule has 24 heteroatoms. The minimum Gasteiger partial charge on any atom is -0.497 e. The lowest BCUT2D eigenvalue weighted by molar-refractivity contribution is -0.188. The van der Waals surface area contributed by atoms with Gasteiger partial charge in [0.05, 0.1) is 37.9 Å². The Labute approximate surface area is 419 Å². The van der Waals surface area contributed by atoms with E-state index in [2.05, 4.69) is 10.2 Å². The van der Waals surface area contributed by atoms with E-state index in [4.69, 9.17) is 20.9 Å². The van der Waals surface area contributed by atoms with Crippen LogP contribution in [0.15, 0.2) is 97.1 Å². The summed E-state index contributed by atoms with van der Waals surface area (Å²) in [5.41, 5.74) is 11.7. The SMILES string of the molecule is COc1ccc(-n2nc(C(N)=O)c3c2C(=O)N(c2ccc(N4CC(COc5ccc(-n6nc(C(N)=O)c7c6C(=O)N(c6ccc(N8CCCC(O)(O)C8=O)cc6)C(O)(O)C7)cc5)CCC4=O)cc2)C(O)(O)C3)cc1. The Hall–Kier alpha value is -8.52. The minimum atomic E-state index is -2.85. The molecule has 0 bridgehead atoms. The summed E-state index contributed by atoms with van der Waals surface area (Å²) < 4.78 is 13.8. The average Bonchev–Trinajstić information content (AvgIpc) is 3.96. The van der Waals surface area contributed by atoms with Crippen LogP contribution in [0.4, 0.5) is 22.7 Å². The largest absolute Gasteiger partial charge is 0.497 e. The molecule has 74 heavy (non-hydrogen) atoms. The molecule has 1 atom stereocenters. The number of hydrogen-bond donors (Lipinski definition) is 8. The Bertz CT molecular complexity index is 3260. The van der Waals surface area contributed by atoms with Crippen LogP contribution in [0.1, 0.15) is 78.8 Å².